The van der Waals surface area contributed by atoms with Crippen molar-refractivity contribution in [1.82, 2.24) is 14.8 Å². The second kappa shape index (κ2) is 4.27. The van der Waals surface area contributed by atoms with Crippen molar-refractivity contribution in [3.05, 3.63) is 30.1 Å². The Balaban J connectivity index is 1.83. The highest BCUT2D eigenvalue weighted by atomic mass is 15.3. The van der Waals surface area contributed by atoms with Crippen molar-refractivity contribution in [2.75, 3.05) is 45.8 Å². The van der Waals surface area contributed by atoms with Crippen LogP contribution in [0.2, 0.25) is 0 Å². The number of hydrogen-bond acceptors (Lipinski definition) is 4. The molecule has 4 saturated heterocycles. The molecule has 0 spiro atoms. The molecule has 0 aromatic carbocycles. The van der Waals surface area contributed by atoms with E-state index in [0.29, 0.717) is 5.92 Å². The first-order valence-electron chi connectivity index (χ1n) is 7.37. The monoisotopic (exact) mass is 258 g/mol. The Kier molecular flexibility index (Phi) is 2.65. The summed E-state index contributed by atoms with van der Waals surface area (Å²) >= 11 is 0. The van der Waals surface area contributed by atoms with Crippen LogP contribution < -0.4 is 5.73 Å². The minimum absolute atomic E-state index is 0.232. The summed E-state index contributed by atoms with van der Waals surface area (Å²) in [4.78, 5) is 9.50. The van der Waals surface area contributed by atoms with Gasteiger partial charge in [0.05, 0.1) is 0 Å². The quantitative estimate of drug-likeness (QED) is 0.820. The molecule has 1 aromatic heterocycles. The molecule has 0 saturated carbocycles. The molecule has 1 aromatic rings. The summed E-state index contributed by atoms with van der Waals surface area (Å²) in [5.41, 5.74) is 7.85. The third-order valence-corrected chi connectivity index (χ3v) is 5.52. The summed E-state index contributed by atoms with van der Waals surface area (Å²) in [6.45, 7) is 8.09. The maximum atomic E-state index is 6.17. The average Bonchev–Trinajstić information content (AvgIpc) is 2.68. The Labute approximate surface area is 114 Å². The van der Waals surface area contributed by atoms with Crippen molar-refractivity contribution in [2.24, 2.45) is 17.6 Å². The van der Waals surface area contributed by atoms with Gasteiger partial charge in [-0.1, -0.05) is 0 Å². The molecule has 4 nitrogen and oxygen atoms in total. The normalized spacial score (nSPS) is 44.3. The van der Waals surface area contributed by atoms with Gasteiger partial charge in [0.25, 0.3) is 0 Å². The molecule has 0 aliphatic carbocycles. The molecule has 3 unspecified atom stereocenters. The fourth-order valence-electron chi connectivity index (χ4n) is 4.76. The van der Waals surface area contributed by atoms with Gasteiger partial charge in [0, 0.05) is 57.1 Å². The first-order valence-corrected chi connectivity index (χ1v) is 7.37. The largest absolute Gasteiger partial charge is 0.330 e. The van der Waals surface area contributed by atoms with Gasteiger partial charge >= 0.3 is 0 Å². The average molecular weight is 258 g/mol. The number of nitrogens with two attached hydrogens (primary N) is 1. The standard InChI is InChI=1S/C15H22N4/c16-7-14-12-8-18-5-6-19(9-12)11-15(14,10-18)13-1-3-17-4-2-13/h1-4,12,14H,5-11,16H2. The number of hydrogen-bond donors (Lipinski definition) is 1. The molecule has 4 aliphatic heterocycles. The summed E-state index contributed by atoms with van der Waals surface area (Å²) in [5, 5.41) is 0. The highest BCUT2D eigenvalue weighted by molar-refractivity contribution is 5.30. The highest BCUT2D eigenvalue weighted by Crippen LogP contribution is 2.46. The number of fused-ring (bicyclic) bond motifs is 1. The number of piperidine rings is 2. The van der Waals surface area contributed by atoms with E-state index in [9.17, 15) is 0 Å². The summed E-state index contributed by atoms with van der Waals surface area (Å²) in [7, 11) is 0. The van der Waals surface area contributed by atoms with Gasteiger partial charge in [-0.3, -0.25) is 4.98 Å². The molecule has 2 N–H and O–H groups in total. The fraction of sp³-hybridized carbons (Fsp3) is 0.667. The molecule has 5 heterocycles. The van der Waals surface area contributed by atoms with Crippen molar-refractivity contribution in [1.29, 1.82) is 0 Å². The number of aromatic nitrogens is 1. The van der Waals surface area contributed by atoms with Crippen LogP contribution >= 0.6 is 0 Å². The smallest absolute Gasteiger partial charge is 0.0270 e. The van der Waals surface area contributed by atoms with Crippen LogP contribution in [0.5, 0.6) is 0 Å². The molecule has 102 valence electrons. The Bertz CT molecular complexity index is 444. The van der Waals surface area contributed by atoms with Gasteiger partial charge in [0.15, 0.2) is 0 Å². The van der Waals surface area contributed by atoms with E-state index in [1.54, 1.807) is 0 Å². The second-order valence-corrected chi connectivity index (χ2v) is 6.46. The summed E-state index contributed by atoms with van der Waals surface area (Å²) < 4.78 is 0. The summed E-state index contributed by atoms with van der Waals surface area (Å²) in [5.74, 6) is 1.36. The van der Waals surface area contributed by atoms with E-state index in [2.05, 4.69) is 26.9 Å². The van der Waals surface area contributed by atoms with Crippen molar-refractivity contribution in [2.45, 2.75) is 5.41 Å². The van der Waals surface area contributed by atoms with E-state index in [1.807, 2.05) is 12.4 Å². The van der Waals surface area contributed by atoms with E-state index in [4.69, 9.17) is 5.73 Å². The molecule has 3 atom stereocenters. The second-order valence-electron chi connectivity index (χ2n) is 6.46. The van der Waals surface area contributed by atoms with Gasteiger partial charge in [-0.05, 0) is 36.1 Å². The predicted molar refractivity (Wildman–Crippen MR) is 74.8 cm³/mol. The molecule has 4 fully saturated rings. The Hall–Kier alpha value is -0.970. The van der Waals surface area contributed by atoms with Gasteiger partial charge in [-0.25, -0.2) is 0 Å². The van der Waals surface area contributed by atoms with E-state index < -0.39 is 0 Å². The van der Waals surface area contributed by atoms with Crippen molar-refractivity contribution < 1.29 is 0 Å². The maximum absolute atomic E-state index is 6.17. The summed E-state index contributed by atoms with van der Waals surface area (Å²) in [6, 6.07) is 4.41. The molecule has 5 rings (SSSR count). The minimum Gasteiger partial charge on any atom is -0.330 e. The van der Waals surface area contributed by atoms with Gasteiger partial charge in [0.2, 0.25) is 0 Å². The van der Waals surface area contributed by atoms with Crippen LogP contribution in [0.4, 0.5) is 0 Å². The Morgan fingerprint density at radius 1 is 1.16 bits per heavy atom. The Morgan fingerprint density at radius 2 is 1.79 bits per heavy atom. The lowest BCUT2D eigenvalue weighted by atomic mass is 9.60. The summed E-state index contributed by atoms with van der Waals surface area (Å²) in [6.07, 6.45) is 3.87. The van der Waals surface area contributed by atoms with Crippen LogP contribution in [0.15, 0.2) is 24.5 Å². The van der Waals surface area contributed by atoms with Crippen molar-refractivity contribution in [3.63, 3.8) is 0 Å². The highest BCUT2D eigenvalue weighted by Gasteiger charge is 2.54. The SMILES string of the molecule is NCC1C2CN3CCN(C2)CC1(c1ccncc1)C3. The van der Waals surface area contributed by atoms with E-state index in [0.717, 1.165) is 12.5 Å². The number of pyridine rings is 1. The first-order chi connectivity index (χ1) is 9.32. The van der Waals surface area contributed by atoms with Gasteiger partial charge in [0.1, 0.15) is 0 Å². The lowest BCUT2D eigenvalue weighted by Crippen LogP contribution is -2.64. The first kappa shape index (κ1) is 11.8. The van der Waals surface area contributed by atoms with Gasteiger partial charge < -0.3 is 15.5 Å². The van der Waals surface area contributed by atoms with Crippen LogP contribution in [-0.2, 0) is 5.41 Å². The molecule has 4 bridgehead atoms. The number of nitrogens with zero attached hydrogens (tertiary/aromatic N) is 3. The van der Waals surface area contributed by atoms with E-state index >= 15 is 0 Å². The number of rotatable bonds is 2. The van der Waals surface area contributed by atoms with Gasteiger partial charge in [-0.15, -0.1) is 0 Å². The molecular formula is C15H22N4. The molecule has 0 amide bonds. The maximum Gasteiger partial charge on any atom is 0.0270 e. The minimum atomic E-state index is 0.232. The van der Waals surface area contributed by atoms with E-state index in [1.165, 1.54) is 44.8 Å². The molecule has 4 aliphatic rings. The molecule has 0 radical (unpaired) electrons. The topological polar surface area (TPSA) is 45.4 Å². The van der Waals surface area contributed by atoms with Crippen molar-refractivity contribution in [3.8, 4) is 0 Å². The van der Waals surface area contributed by atoms with E-state index in [-0.39, 0.29) is 5.41 Å². The lowest BCUT2D eigenvalue weighted by molar-refractivity contribution is -0.00240. The molecular weight excluding hydrogens is 236 g/mol. The van der Waals surface area contributed by atoms with Crippen LogP contribution in [0, 0.1) is 11.8 Å². The fourth-order valence-corrected chi connectivity index (χ4v) is 4.76. The zero-order valence-electron chi connectivity index (χ0n) is 11.3. The third-order valence-electron chi connectivity index (χ3n) is 5.52. The molecule has 19 heavy (non-hydrogen) atoms. The Morgan fingerprint density at radius 3 is 2.37 bits per heavy atom. The van der Waals surface area contributed by atoms with Crippen LogP contribution in [0.3, 0.4) is 0 Å². The lowest BCUT2D eigenvalue weighted by Gasteiger charge is -2.55. The third kappa shape index (κ3) is 1.67. The van der Waals surface area contributed by atoms with Crippen molar-refractivity contribution >= 4 is 0 Å². The van der Waals surface area contributed by atoms with Gasteiger partial charge in [-0.2, -0.15) is 0 Å². The van der Waals surface area contributed by atoms with Crippen LogP contribution in [-0.4, -0.2) is 60.6 Å². The predicted octanol–water partition coefficient (Wildman–Crippen LogP) is 0.155. The van der Waals surface area contributed by atoms with Crippen LogP contribution in [0.25, 0.3) is 0 Å². The zero-order chi connectivity index (χ0) is 12.9. The van der Waals surface area contributed by atoms with Crippen LogP contribution in [0.1, 0.15) is 5.56 Å². The zero-order valence-corrected chi connectivity index (χ0v) is 11.3. The molecule has 4 heteroatoms.